The number of nitrogens with zero attached hydrogens (tertiary/aromatic N) is 3. The summed E-state index contributed by atoms with van der Waals surface area (Å²) in [6.07, 6.45) is 3.08. The van der Waals surface area contributed by atoms with E-state index in [1.807, 2.05) is 0 Å². The number of methoxy groups -OCH3 is 2. The van der Waals surface area contributed by atoms with Crippen LogP contribution >= 0.6 is 0 Å². The van der Waals surface area contributed by atoms with Crippen LogP contribution in [0.1, 0.15) is 23.3 Å². The van der Waals surface area contributed by atoms with Gasteiger partial charge in [0.25, 0.3) is 10.0 Å². The standard InChI is InChI=1S/C21H23FN6O6S/c1-13(9-19-23-11-14(22)12-24-19)35(30,31)28-21(27-26-20(29)17-5-4-8-34-17)25-16-7-6-15(32-2)10-18(16)33-3/h4-8,10-13H,9H2,1-3H3,(H,26,29)(H2,25,27,28). The Balaban J connectivity index is 1.86. The van der Waals surface area contributed by atoms with E-state index in [4.69, 9.17) is 13.9 Å². The molecule has 3 rings (SSSR count). The van der Waals surface area contributed by atoms with Crippen LogP contribution < -0.4 is 25.6 Å². The second kappa shape index (κ2) is 11.3. The maximum absolute atomic E-state index is 13.1. The highest BCUT2D eigenvalue weighted by Crippen LogP contribution is 2.29. The van der Waals surface area contributed by atoms with Crippen LogP contribution in [0.2, 0.25) is 0 Å². The van der Waals surface area contributed by atoms with Crippen molar-refractivity contribution < 1.29 is 31.5 Å². The number of aromatic nitrogens is 2. The van der Waals surface area contributed by atoms with Crippen molar-refractivity contribution in [1.29, 1.82) is 0 Å². The molecule has 35 heavy (non-hydrogen) atoms. The van der Waals surface area contributed by atoms with Gasteiger partial charge in [-0.1, -0.05) is 0 Å². The first-order valence-electron chi connectivity index (χ1n) is 10.1. The summed E-state index contributed by atoms with van der Waals surface area (Å²) in [7, 11) is -1.27. The van der Waals surface area contributed by atoms with Crippen LogP contribution in [0.5, 0.6) is 11.5 Å². The van der Waals surface area contributed by atoms with E-state index >= 15 is 0 Å². The van der Waals surface area contributed by atoms with E-state index < -0.39 is 27.0 Å². The second-order valence-electron chi connectivity index (χ2n) is 7.03. The number of rotatable bonds is 8. The number of amides is 1. The molecule has 3 aromatic rings. The van der Waals surface area contributed by atoms with Gasteiger partial charge in [-0.05, 0) is 31.2 Å². The van der Waals surface area contributed by atoms with Gasteiger partial charge in [0.05, 0.1) is 43.8 Å². The first-order chi connectivity index (χ1) is 16.7. The molecule has 2 heterocycles. The Kier molecular flexibility index (Phi) is 8.20. The zero-order valence-corrected chi connectivity index (χ0v) is 19.8. The summed E-state index contributed by atoms with van der Waals surface area (Å²) in [5, 5.41) is 1.71. The summed E-state index contributed by atoms with van der Waals surface area (Å²) in [4.78, 5) is 19.8. The van der Waals surface area contributed by atoms with Gasteiger partial charge in [-0.25, -0.2) is 22.8 Å². The SMILES string of the molecule is COc1ccc(NC(=NS(=O)(=O)C(C)Cc2ncc(F)cn2)NNC(=O)c2ccco2)c(OC)c1. The molecule has 0 saturated carbocycles. The van der Waals surface area contributed by atoms with Crippen LogP contribution in [0.3, 0.4) is 0 Å². The number of hydrogen-bond acceptors (Lipinski definition) is 8. The molecule has 3 N–H and O–H groups in total. The monoisotopic (exact) mass is 506 g/mol. The zero-order chi connectivity index (χ0) is 25.4. The lowest BCUT2D eigenvalue weighted by Crippen LogP contribution is -2.45. The van der Waals surface area contributed by atoms with Crippen LogP contribution in [-0.2, 0) is 16.4 Å². The Labute approximate surface area is 200 Å². The number of carbonyl (C=O) groups excluding carboxylic acids is 1. The molecule has 0 aliphatic carbocycles. The predicted molar refractivity (Wildman–Crippen MR) is 124 cm³/mol. The Morgan fingerprint density at radius 3 is 2.54 bits per heavy atom. The summed E-state index contributed by atoms with van der Waals surface area (Å²) in [6, 6.07) is 7.71. The fourth-order valence-corrected chi connectivity index (χ4v) is 3.60. The number of sulfonamides is 1. The van der Waals surface area contributed by atoms with Gasteiger partial charge in [0.15, 0.2) is 11.6 Å². The van der Waals surface area contributed by atoms with Crippen LogP contribution in [0.15, 0.2) is 57.8 Å². The van der Waals surface area contributed by atoms with Gasteiger partial charge in [0, 0.05) is 12.5 Å². The Morgan fingerprint density at radius 1 is 1.17 bits per heavy atom. The molecule has 186 valence electrons. The predicted octanol–water partition coefficient (Wildman–Crippen LogP) is 1.89. The van der Waals surface area contributed by atoms with E-state index in [-0.39, 0.29) is 24.0 Å². The van der Waals surface area contributed by atoms with E-state index in [1.165, 1.54) is 39.5 Å². The van der Waals surface area contributed by atoms with Crippen molar-refractivity contribution in [2.75, 3.05) is 19.5 Å². The van der Waals surface area contributed by atoms with Crippen LogP contribution in [-0.4, -0.2) is 49.7 Å². The first-order valence-corrected chi connectivity index (χ1v) is 11.6. The maximum atomic E-state index is 13.1. The van der Waals surface area contributed by atoms with Gasteiger partial charge in [-0.15, -0.1) is 4.40 Å². The molecule has 0 spiro atoms. The molecule has 0 aliphatic heterocycles. The number of benzene rings is 1. The van der Waals surface area contributed by atoms with Crippen LogP contribution in [0.4, 0.5) is 10.1 Å². The normalized spacial score (nSPS) is 12.5. The van der Waals surface area contributed by atoms with Gasteiger partial charge in [0.2, 0.25) is 5.96 Å². The highest BCUT2D eigenvalue weighted by Gasteiger charge is 2.24. The number of nitrogens with one attached hydrogen (secondary N) is 3. The summed E-state index contributed by atoms with van der Waals surface area (Å²) >= 11 is 0. The topological polar surface area (TPSA) is 157 Å². The van der Waals surface area contributed by atoms with Crippen molar-refractivity contribution >= 4 is 27.6 Å². The Hall–Kier alpha value is -4.20. The number of hydrogen-bond donors (Lipinski definition) is 3. The first kappa shape index (κ1) is 25.4. The fraction of sp³-hybridized carbons (Fsp3) is 0.238. The van der Waals surface area contributed by atoms with Gasteiger partial charge in [-0.2, -0.15) is 0 Å². The molecule has 1 amide bonds. The van der Waals surface area contributed by atoms with Crippen molar-refractivity contribution in [3.05, 3.63) is 66.4 Å². The van der Waals surface area contributed by atoms with E-state index in [1.54, 1.807) is 18.2 Å². The summed E-state index contributed by atoms with van der Waals surface area (Å²) in [5.41, 5.74) is 5.09. The van der Waals surface area contributed by atoms with Crippen LogP contribution in [0, 0.1) is 5.82 Å². The minimum atomic E-state index is -4.17. The molecule has 0 bridgehead atoms. The number of ether oxygens (including phenoxy) is 2. The number of halogens is 1. The number of hydrazine groups is 1. The van der Waals surface area contributed by atoms with Crippen molar-refractivity contribution in [2.45, 2.75) is 18.6 Å². The smallest absolute Gasteiger partial charge is 0.305 e. The summed E-state index contributed by atoms with van der Waals surface area (Å²) in [5.74, 6) is -0.700. The third kappa shape index (κ3) is 6.89. The third-order valence-electron chi connectivity index (χ3n) is 4.57. The molecule has 14 heteroatoms. The average molecular weight is 507 g/mol. The number of guanidine groups is 1. The summed E-state index contributed by atoms with van der Waals surface area (Å²) in [6.45, 7) is 1.40. The maximum Gasteiger partial charge on any atom is 0.305 e. The molecule has 0 aliphatic rings. The van der Waals surface area contributed by atoms with Gasteiger partial charge >= 0.3 is 5.91 Å². The Bertz CT molecular complexity index is 1280. The molecule has 0 saturated heterocycles. The zero-order valence-electron chi connectivity index (χ0n) is 19.0. The molecule has 1 unspecified atom stereocenters. The second-order valence-corrected chi connectivity index (χ2v) is 9.05. The van der Waals surface area contributed by atoms with E-state index in [2.05, 4.69) is 30.5 Å². The van der Waals surface area contributed by atoms with Gasteiger partial charge in [0.1, 0.15) is 17.3 Å². The molecule has 0 fully saturated rings. The minimum absolute atomic E-state index is 0.0106. The third-order valence-corrected chi connectivity index (χ3v) is 6.19. The number of furan rings is 1. The summed E-state index contributed by atoms with van der Waals surface area (Å²) < 4.78 is 58.2. The largest absolute Gasteiger partial charge is 0.497 e. The minimum Gasteiger partial charge on any atom is -0.497 e. The van der Waals surface area contributed by atoms with Gasteiger partial charge in [-0.3, -0.25) is 15.6 Å². The highest BCUT2D eigenvalue weighted by atomic mass is 32.2. The lowest BCUT2D eigenvalue weighted by molar-refractivity contribution is 0.0916. The Morgan fingerprint density at radius 2 is 1.91 bits per heavy atom. The van der Waals surface area contributed by atoms with Gasteiger partial charge < -0.3 is 19.2 Å². The molecular formula is C21H23FN6O6S. The molecule has 12 nitrogen and oxygen atoms in total. The number of anilines is 1. The highest BCUT2D eigenvalue weighted by molar-refractivity contribution is 7.90. The van der Waals surface area contributed by atoms with Crippen molar-refractivity contribution in [1.82, 2.24) is 20.8 Å². The molecule has 0 radical (unpaired) electrons. The van der Waals surface area contributed by atoms with Crippen molar-refractivity contribution in [2.24, 2.45) is 4.40 Å². The number of carbonyl (C=O) groups is 1. The lowest BCUT2D eigenvalue weighted by Gasteiger charge is -2.16. The molecule has 1 atom stereocenters. The van der Waals surface area contributed by atoms with E-state index in [0.717, 1.165) is 12.4 Å². The lowest BCUT2D eigenvalue weighted by atomic mass is 10.2. The van der Waals surface area contributed by atoms with Crippen LogP contribution in [0.25, 0.3) is 0 Å². The molecule has 2 aromatic heterocycles. The fourth-order valence-electron chi connectivity index (χ4n) is 2.72. The van der Waals surface area contributed by atoms with E-state index in [9.17, 15) is 17.6 Å². The molecule has 1 aromatic carbocycles. The molecular weight excluding hydrogens is 483 g/mol. The van der Waals surface area contributed by atoms with Crippen molar-refractivity contribution in [3.63, 3.8) is 0 Å². The van der Waals surface area contributed by atoms with Crippen molar-refractivity contribution in [3.8, 4) is 11.5 Å². The quantitative estimate of drug-likeness (QED) is 0.234. The van der Waals surface area contributed by atoms with E-state index in [0.29, 0.717) is 17.2 Å². The average Bonchev–Trinajstić information content (AvgIpc) is 3.39.